The van der Waals surface area contributed by atoms with E-state index in [1.165, 1.54) is 12.4 Å². The summed E-state index contributed by atoms with van der Waals surface area (Å²) >= 11 is 0. The van der Waals surface area contributed by atoms with Crippen LogP contribution in [0.5, 0.6) is 0 Å². The fourth-order valence-electron chi connectivity index (χ4n) is 2.46. The van der Waals surface area contributed by atoms with Gasteiger partial charge in [-0.1, -0.05) is 6.08 Å². The van der Waals surface area contributed by atoms with Gasteiger partial charge in [0.05, 0.1) is 16.8 Å². The molecule has 0 bridgehead atoms. The Morgan fingerprint density at radius 1 is 1.04 bits per heavy atom. The van der Waals surface area contributed by atoms with E-state index in [0.717, 1.165) is 12.2 Å². The lowest BCUT2D eigenvalue weighted by atomic mass is 10.1. The van der Waals surface area contributed by atoms with Crippen molar-refractivity contribution in [1.29, 1.82) is 0 Å². The van der Waals surface area contributed by atoms with Gasteiger partial charge in [0.25, 0.3) is 0 Å². The maximum absolute atomic E-state index is 13.1. The first-order chi connectivity index (χ1) is 12.5. The highest BCUT2D eigenvalue weighted by Crippen LogP contribution is 2.36. The number of aromatic nitrogens is 1. The molecule has 1 aromatic rings. The van der Waals surface area contributed by atoms with E-state index < -0.39 is 23.5 Å². The van der Waals surface area contributed by atoms with Crippen molar-refractivity contribution in [3.8, 4) is 0 Å². The normalized spacial score (nSPS) is 16.6. The Hall–Kier alpha value is -2.71. The van der Waals surface area contributed by atoms with Crippen LogP contribution < -0.4 is 11.1 Å². The molecule has 3 nitrogen and oxygen atoms in total. The van der Waals surface area contributed by atoms with Gasteiger partial charge >= 0.3 is 12.4 Å². The number of hydrogen-bond acceptors (Lipinski definition) is 3. The quantitative estimate of drug-likeness (QED) is 0.739. The van der Waals surface area contributed by atoms with Crippen molar-refractivity contribution < 1.29 is 26.3 Å². The second kappa shape index (κ2) is 7.89. The van der Waals surface area contributed by atoms with Crippen LogP contribution in [0.25, 0.3) is 5.70 Å². The van der Waals surface area contributed by atoms with Crippen molar-refractivity contribution in [1.82, 2.24) is 10.3 Å². The molecule has 2 rings (SSSR count). The summed E-state index contributed by atoms with van der Waals surface area (Å²) < 4.78 is 78.0. The zero-order chi connectivity index (χ0) is 20.2. The first-order valence-corrected chi connectivity index (χ1v) is 7.85. The standard InChI is InChI=1S/C18H17F6N3/c1-11(25)16(13-4-6-26-7-5-13)27-10-12-2-3-14(17(19,20)21)9-15(8-12)18(22,23)24/h3-9,27H,2,10,25H2,1H3/b16-11-. The summed E-state index contributed by atoms with van der Waals surface area (Å²) in [5.41, 5.74) is 4.81. The maximum Gasteiger partial charge on any atom is 0.416 e. The van der Waals surface area contributed by atoms with E-state index in [0.29, 0.717) is 17.0 Å². The molecule has 0 atom stereocenters. The fourth-order valence-corrected chi connectivity index (χ4v) is 2.46. The van der Waals surface area contributed by atoms with E-state index in [1.807, 2.05) is 0 Å². The van der Waals surface area contributed by atoms with E-state index in [-0.39, 0.29) is 24.6 Å². The van der Waals surface area contributed by atoms with E-state index in [9.17, 15) is 26.3 Å². The van der Waals surface area contributed by atoms with Gasteiger partial charge in [-0.2, -0.15) is 26.3 Å². The van der Waals surface area contributed by atoms with Crippen molar-refractivity contribution in [2.24, 2.45) is 5.73 Å². The van der Waals surface area contributed by atoms with Crippen molar-refractivity contribution in [2.75, 3.05) is 6.54 Å². The Balaban J connectivity index is 2.28. The molecular formula is C18H17F6N3. The second-order valence-corrected chi connectivity index (χ2v) is 5.91. The number of rotatable bonds is 4. The second-order valence-electron chi connectivity index (χ2n) is 5.91. The highest BCUT2D eigenvalue weighted by Gasteiger charge is 2.38. The molecule has 0 unspecified atom stereocenters. The summed E-state index contributed by atoms with van der Waals surface area (Å²) in [6, 6.07) is 3.31. The number of nitrogens with one attached hydrogen (secondary N) is 1. The number of halogens is 6. The third-order valence-electron chi connectivity index (χ3n) is 3.77. The first-order valence-electron chi connectivity index (χ1n) is 7.85. The zero-order valence-electron chi connectivity index (χ0n) is 14.2. The third kappa shape index (κ3) is 5.63. The van der Waals surface area contributed by atoms with Gasteiger partial charge in [-0.15, -0.1) is 0 Å². The van der Waals surface area contributed by atoms with Crippen LogP contribution in [0.1, 0.15) is 18.9 Å². The Bertz CT molecular complexity index is 795. The maximum atomic E-state index is 13.1. The lowest BCUT2D eigenvalue weighted by Gasteiger charge is -2.15. The lowest BCUT2D eigenvalue weighted by molar-refractivity contribution is -0.0933. The van der Waals surface area contributed by atoms with Gasteiger partial charge in [0, 0.05) is 30.2 Å². The summed E-state index contributed by atoms with van der Waals surface area (Å²) in [5, 5.41) is 2.91. The van der Waals surface area contributed by atoms with Crippen LogP contribution in [-0.2, 0) is 0 Å². The van der Waals surface area contributed by atoms with E-state index >= 15 is 0 Å². The third-order valence-corrected chi connectivity index (χ3v) is 3.77. The molecule has 0 spiro atoms. The van der Waals surface area contributed by atoms with Crippen molar-refractivity contribution in [3.63, 3.8) is 0 Å². The molecule has 0 aromatic carbocycles. The van der Waals surface area contributed by atoms with Crippen LogP contribution in [0.3, 0.4) is 0 Å². The zero-order valence-corrected chi connectivity index (χ0v) is 14.2. The first kappa shape index (κ1) is 20.6. The Morgan fingerprint density at radius 2 is 1.63 bits per heavy atom. The predicted octanol–water partition coefficient (Wildman–Crippen LogP) is 4.63. The van der Waals surface area contributed by atoms with Crippen LogP contribution in [0.2, 0.25) is 0 Å². The van der Waals surface area contributed by atoms with Crippen molar-refractivity contribution in [3.05, 3.63) is 70.7 Å². The van der Waals surface area contributed by atoms with Crippen LogP contribution in [0.4, 0.5) is 26.3 Å². The molecule has 0 fully saturated rings. The van der Waals surface area contributed by atoms with Crippen LogP contribution in [0, 0.1) is 0 Å². The van der Waals surface area contributed by atoms with Gasteiger partial charge in [-0.05, 0) is 43.2 Å². The van der Waals surface area contributed by atoms with Crippen molar-refractivity contribution >= 4 is 5.70 Å². The average molecular weight is 389 g/mol. The van der Waals surface area contributed by atoms with Gasteiger partial charge in [0.15, 0.2) is 0 Å². The average Bonchev–Trinajstić information content (AvgIpc) is 2.78. The van der Waals surface area contributed by atoms with Crippen LogP contribution in [0.15, 0.2) is 65.2 Å². The molecule has 1 aliphatic rings. The Labute approximate surface area is 152 Å². The summed E-state index contributed by atoms with van der Waals surface area (Å²) in [5.74, 6) is 0. The minimum Gasteiger partial charge on any atom is -0.401 e. The number of nitrogens with zero attached hydrogens (tertiary/aromatic N) is 1. The number of nitrogens with two attached hydrogens (primary N) is 1. The predicted molar refractivity (Wildman–Crippen MR) is 90.0 cm³/mol. The fraction of sp³-hybridized carbons (Fsp3) is 0.278. The highest BCUT2D eigenvalue weighted by atomic mass is 19.4. The number of allylic oxidation sites excluding steroid dienone is 6. The topological polar surface area (TPSA) is 50.9 Å². The van der Waals surface area contributed by atoms with Gasteiger partial charge in [0.2, 0.25) is 0 Å². The van der Waals surface area contributed by atoms with Gasteiger partial charge in [-0.25, -0.2) is 0 Å². The van der Waals surface area contributed by atoms with Crippen molar-refractivity contribution in [2.45, 2.75) is 25.7 Å². The molecule has 1 aromatic heterocycles. The summed E-state index contributed by atoms with van der Waals surface area (Å²) in [6.07, 6.45) is -5.38. The molecular weight excluding hydrogens is 372 g/mol. The Kier molecular flexibility index (Phi) is 6.02. The van der Waals surface area contributed by atoms with Crippen LogP contribution >= 0.6 is 0 Å². The number of alkyl halides is 6. The lowest BCUT2D eigenvalue weighted by Crippen LogP contribution is -2.20. The Morgan fingerprint density at radius 3 is 2.15 bits per heavy atom. The van der Waals surface area contributed by atoms with Gasteiger partial charge in [0.1, 0.15) is 0 Å². The van der Waals surface area contributed by atoms with E-state index in [4.69, 9.17) is 5.73 Å². The molecule has 0 saturated heterocycles. The highest BCUT2D eigenvalue weighted by molar-refractivity contribution is 5.66. The summed E-state index contributed by atoms with van der Waals surface area (Å²) in [6.45, 7) is 1.51. The molecule has 0 amide bonds. The smallest absolute Gasteiger partial charge is 0.401 e. The molecule has 1 aliphatic carbocycles. The molecule has 0 aliphatic heterocycles. The van der Waals surface area contributed by atoms with E-state index in [2.05, 4.69) is 10.3 Å². The van der Waals surface area contributed by atoms with E-state index in [1.54, 1.807) is 19.1 Å². The SMILES string of the molecule is C/C(N)=C(/NCC1=CC(C(F)(F)F)=CC(C(F)(F)F)=CC1)c1ccncc1. The molecule has 1 heterocycles. The molecule has 0 saturated carbocycles. The molecule has 27 heavy (non-hydrogen) atoms. The molecule has 9 heteroatoms. The number of pyridine rings is 1. The molecule has 3 N–H and O–H groups in total. The summed E-state index contributed by atoms with van der Waals surface area (Å²) in [4.78, 5) is 3.87. The molecule has 0 radical (unpaired) electrons. The van der Waals surface area contributed by atoms with Gasteiger partial charge < -0.3 is 11.1 Å². The van der Waals surface area contributed by atoms with Crippen LogP contribution in [-0.4, -0.2) is 23.9 Å². The minimum absolute atomic E-state index is 0.0960. The number of hydrogen-bond donors (Lipinski definition) is 2. The largest absolute Gasteiger partial charge is 0.416 e. The summed E-state index contributed by atoms with van der Waals surface area (Å²) in [7, 11) is 0. The monoisotopic (exact) mass is 389 g/mol. The molecule has 146 valence electrons. The minimum atomic E-state index is -4.90. The van der Waals surface area contributed by atoms with Gasteiger partial charge in [-0.3, -0.25) is 4.98 Å².